The molecular weight excluding hydrogens is 274 g/mol. The Bertz CT molecular complexity index is 649. The van der Waals surface area contributed by atoms with Gasteiger partial charge in [0, 0.05) is 6.42 Å². The van der Waals surface area contributed by atoms with Gasteiger partial charge in [0.15, 0.2) is 5.82 Å². The van der Waals surface area contributed by atoms with E-state index in [2.05, 4.69) is 21.6 Å². The Balaban J connectivity index is 1.62. The Morgan fingerprint density at radius 3 is 2.91 bits per heavy atom. The minimum Gasteiger partial charge on any atom is -0.225 e. The topological polar surface area (TPSA) is 67.4 Å². The van der Waals surface area contributed by atoms with Crippen molar-refractivity contribution in [3.63, 3.8) is 0 Å². The number of aromatic nitrogens is 4. The van der Waals surface area contributed by atoms with Crippen molar-refractivity contribution in [2.75, 3.05) is 0 Å². The highest BCUT2D eigenvalue weighted by Crippen LogP contribution is 2.27. The van der Waals surface area contributed by atoms with Crippen molar-refractivity contribution in [1.29, 1.82) is 5.26 Å². The number of nitriles is 1. The first-order valence-corrected chi connectivity index (χ1v) is 8.09. The lowest BCUT2D eigenvalue weighted by molar-refractivity contribution is 0.335. The first kappa shape index (κ1) is 14.7. The Hall–Kier alpha value is -2.22. The fraction of sp³-hybridized carbons (Fsp3) is 0.529. The average molecular weight is 295 g/mol. The molecular formula is C17H21N5. The second kappa shape index (κ2) is 7.17. The van der Waals surface area contributed by atoms with Crippen LogP contribution in [0.2, 0.25) is 0 Å². The van der Waals surface area contributed by atoms with Gasteiger partial charge in [-0.3, -0.25) is 0 Å². The molecule has 114 valence electrons. The minimum absolute atomic E-state index is 0.628. The molecule has 2 aromatic rings. The number of tetrazole rings is 1. The molecule has 0 amide bonds. The van der Waals surface area contributed by atoms with Crippen molar-refractivity contribution in [1.82, 2.24) is 20.2 Å². The molecule has 0 atom stereocenters. The largest absolute Gasteiger partial charge is 0.225 e. The molecule has 0 unspecified atom stereocenters. The quantitative estimate of drug-likeness (QED) is 0.850. The zero-order chi connectivity index (χ0) is 15.2. The molecule has 1 heterocycles. The van der Waals surface area contributed by atoms with Gasteiger partial charge in [0.1, 0.15) is 0 Å². The molecule has 3 rings (SSSR count). The molecule has 1 aromatic heterocycles. The fourth-order valence-corrected chi connectivity index (χ4v) is 3.25. The third kappa shape index (κ3) is 3.70. The summed E-state index contributed by atoms with van der Waals surface area (Å²) in [7, 11) is 0. The number of nitrogens with zero attached hydrogens (tertiary/aromatic N) is 5. The third-order valence-electron chi connectivity index (χ3n) is 4.50. The second-order valence-corrected chi connectivity index (χ2v) is 6.11. The zero-order valence-corrected chi connectivity index (χ0v) is 12.8. The van der Waals surface area contributed by atoms with E-state index in [0.29, 0.717) is 12.1 Å². The van der Waals surface area contributed by atoms with Crippen molar-refractivity contribution in [2.45, 2.75) is 51.5 Å². The van der Waals surface area contributed by atoms with E-state index >= 15 is 0 Å². The van der Waals surface area contributed by atoms with Gasteiger partial charge in [0.2, 0.25) is 0 Å². The summed E-state index contributed by atoms with van der Waals surface area (Å²) >= 11 is 0. The highest BCUT2D eigenvalue weighted by molar-refractivity contribution is 5.32. The number of benzene rings is 1. The molecule has 1 aliphatic rings. The summed E-state index contributed by atoms with van der Waals surface area (Å²) in [6.07, 6.45) is 8.96. The van der Waals surface area contributed by atoms with E-state index in [9.17, 15) is 0 Å². The predicted molar refractivity (Wildman–Crippen MR) is 83.0 cm³/mol. The van der Waals surface area contributed by atoms with Gasteiger partial charge in [-0.2, -0.15) is 5.26 Å². The maximum atomic E-state index is 8.97. The van der Waals surface area contributed by atoms with Crippen molar-refractivity contribution in [3.05, 3.63) is 41.2 Å². The highest BCUT2D eigenvalue weighted by Gasteiger charge is 2.15. The van der Waals surface area contributed by atoms with E-state index in [0.717, 1.165) is 23.7 Å². The number of hydrogen-bond acceptors (Lipinski definition) is 4. The van der Waals surface area contributed by atoms with Crippen LogP contribution in [0.3, 0.4) is 0 Å². The molecule has 5 nitrogen and oxygen atoms in total. The lowest BCUT2D eigenvalue weighted by Gasteiger charge is -2.20. The number of aryl methyl sites for hydroxylation is 1. The number of rotatable bonds is 5. The Morgan fingerprint density at radius 2 is 2.09 bits per heavy atom. The minimum atomic E-state index is 0.628. The van der Waals surface area contributed by atoms with E-state index < -0.39 is 0 Å². The van der Waals surface area contributed by atoms with Crippen LogP contribution in [0.25, 0.3) is 0 Å². The first-order chi connectivity index (χ1) is 10.8. The van der Waals surface area contributed by atoms with Gasteiger partial charge in [0.05, 0.1) is 18.2 Å². The molecule has 0 bridgehead atoms. The van der Waals surface area contributed by atoms with Crippen LogP contribution in [0, 0.1) is 17.2 Å². The van der Waals surface area contributed by atoms with Crippen molar-refractivity contribution < 1.29 is 0 Å². The van der Waals surface area contributed by atoms with Crippen LogP contribution in [0.1, 0.15) is 55.5 Å². The maximum absolute atomic E-state index is 8.97. The van der Waals surface area contributed by atoms with Gasteiger partial charge in [-0.15, -0.1) is 5.10 Å². The van der Waals surface area contributed by atoms with E-state index in [1.807, 2.05) is 28.9 Å². The van der Waals surface area contributed by atoms with Crippen molar-refractivity contribution in [3.8, 4) is 6.07 Å². The standard InChI is InChI=1S/C17H21N5/c18-12-15-7-4-8-16(11-15)13-22-17(19-20-21-22)10-9-14-5-2-1-3-6-14/h4,7-8,11,14H,1-3,5-6,9-10,13H2. The Kier molecular flexibility index (Phi) is 4.79. The van der Waals surface area contributed by atoms with Gasteiger partial charge < -0.3 is 0 Å². The summed E-state index contributed by atoms with van der Waals surface area (Å²) in [5.41, 5.74) is 1.74. The number of hydrogen-bond donors (Lipinski definition) is 0. The van der Waals surface area contributed by atoms with Crippen molar-refractivity contribution >= 4 is 0 Å². The summed E-state index contributed by atoms with van der Waals surface area (Å²) in [4.78, 5) is 0. The Labute approximate surface area is 131 Å². The molecule has 22 heavy (non-hydrogen) atoms. The summed E-state index contributed by atoms with van der Waals surface area (Å²) < 4.78 is 1.86. The van der Waals surface area contributed by atoms with Gasteiger partial charge in [-0.1, -0.05) is 44.2 Å². The second-order valence-electron chi connectivity index (χ2n) is 6.11. The van der Waals surface area contributed by atoms with Gasteiger partial charge in [0.25, 0.3) is 0 Å². The van der Waals surface area contributed by atoms with Crippen LogP contribution in [-0.4, -0.2) is 20.2 Å². The summed E-state index contributed by atoms with van der Waals surface area (Å²) in [6.45, 7) is 0.628. The Morgan fingerprint density at radius 1 is 1.23 bits per heavy atom. The van der Waals surface area contributed by atoms with Gasteiger partial charge in [-0.05, 0) is 40.5 Å². The lowest BCUT2D eigenvalue weighted by Crippen LogP contribution is -2.11. The summed E-state index contributed by atoms with van der Waals surface area (Å²) in [6, 6.07) is 9.79. The monoisotopic (exact) mass is 295 g/mol. The maximum Gasteiger partial charge on any atom is 0.151 e. The summed E-state index contributed by atoms with van der Waals surface area (Å²) in [5, 5.41) is 21.1. The molecule has 0 radical (unpaired) electrons. The van der Waals surface area contributed by atoms with Crippen LogP contribution in [-0.2, 0) is 13.0 Å². The molecule has 1 saturated carbocycles. The molecule has 5 heteroatoms. The molecule has 1 aliphatic carbocycles. The van der Waals surface area contributed by atoms with E-state index in [1.165, 1.54) is 38.5 Å². The van der Waals surface area contributed by atoms with Gasteiger partial charge >= 0.3 is 0 Å². The van der Waals surface area contributed by atoms with Crippen LogP contribution in [0.15, 0.2) is 24.3 Å². The molecule has 0 aliphatic heterocycles. The molecule has 0 saturated heterocycles. The highest BCUT2D eigenvalue weighted by atomic mass is 15.5. The smallest absolute Gasteiger partial charge is 0.151 e. The van der Waals surface area contributed by atoms with Crippen LogP contribution in [0.5, 0.6) is 0 Å². The molecule has 1 aromatic carbocycles. The third-order valence-corrected chi connectivity index (χ3v) is 4.50. The SMILES string of the molecule is N#Cc1cccc(Cn2nnnc2CCC2CCCCC2)c1. The van der Waals surface area contributed by atoms with E-state index in [4.69, 9.17) is 5.26 Å². The van der Waals surface area contributed by atoms with Crippen LogP contribution in [0.4, 0.5) is 0 Å². The predicted octanol–water partition coefficient (Wildman–Crippen LogP) is 3.11. The summed E-state index contributed by atoms with van der Waals surface area (Å²) in [5.74, 6) is 1.79. The van der Waals surface area contributed by atoms with Crippen LogP contribution < -0.4 is 0 Å². The lowest BCUT2D eigenvalue weighted by atomic mass is 9.86. The van der Waals surface area contributed by atoms with Gasteiger partial charge in [-0.25, -0.2) is 4.68 Å². The van der Waals surface area contributed by atoms with E-state index in [1.54, 1.807) is 0 Å². The van der Waals surface area contributed by atoms with Crippen molar-refractivity contribution in [2.24, 2.45) is 5.92 Å². The molecule has 0 spiro atoms. The fourth-order valence-electron chi connectivity index (χ4n) is 3.25. The van der Waals surface area contributed by atoms with Crippen LogP contribution >= 0.6 is 0 Å². The first-order valence-electron chi connectivity index (χ1n) is 8.09. The zero-order valence-electron chi connectivity index (χ0n) is 12.8. The average Bonchev–Trinajstić information content (AvgIpc) is 3.01. The van der Waals surface area contributed by atoms with E-state index in [-0.39, 0.29) is 0 Å². The normalized spacial score (nSPS) is 15.6. The molecule has 1 fully saturated rings. The molecule has 0 N–H and O–H groups in total.